The van der Waals surface area contributed by atoms with E-state index in [4.69, 9.17) is 12.2 Å². The van der Waals surface area contributed by atoms with Crippen LogP contribution in [-0.2, 0) is 4.79 Å². The Labute approximate surface area is 173 Å². The van der Waals surface area contributed by atoms with Crippen molar-refractivity contribution in [2.75, 3.05) is 11.9 Å². The largest absolute Gasteiger partial charge is 0.366 e. The Bertz CT molecular complexity index is 1060. The first-order chi connectivity index (χ1) is 13.4. The van der Waals surface area contributed by atoms with Crippen LogP contribution in [0.2, 0.25) is 0 Å². The molecular weight excluding hydrogens is 392 g/mol. The van der Waals surface area contributed by atoms with Gasteiger partial charge in [0.1, 0.15) is 15.8 Å². The number of nitrogens with one attached hydrogen (secondary N) is 1. The van der Waals surface area contributed by atoms with Gasteiger partial charge in [-0.25, -0.2) is 4.98 Å². The van der Waals surface area contributed by atoms with E-state index >= 15 is 0 Å². The molecule has 0 aliphatic carbocycles. The molecule has 1 N–H and O–H groups in total. The predicted molar refractivity (Wildman–Crippen MR) is 120 cm³/mol. The van der Waals surface area contributed by atoms with Crippen LogP contribution in [0, 0.1) is 6.92 Å². The highest BCUT2D eigenvalue weighted by Gasteiger charge is 2.35. The number of aromatic nitrogens is 2. The van der Waals surface area contributed by atoms with Crippen molar-refractivity contribution in [3.63, 3.8) is 0 Å². The second kappa shape index (κ2) is 8.28. The highest BCUT2D eigenvalue weighted by atomic mass is 32.2. The summed E-state index contributed by atoms with van der Waals surface area (Å²) < 4.78 is 2.01. The first-order valence-electron chi connectivity index (χ1n) is 9.02. The van der Waals surface area contributed by atoms with Gasteiger partial charge in [-0.05, 0) is 38.0 Å². The standard InChI is InChI=1S/C20H22N4O2S2/c1-5-9-21-17-14(18(25)23-11-12(3)7-8-16(23)22-17)10-15-19(26)24(13(4)6-2)20(27)28-15/h5,7-8,10-11,13,21H,1,6,9H2,2-4H3/b15-10-/t13-/m0/s1. The number of nitrogens with zero attached hydrogens (tertiary/aromatic N) is 3. The number of rotatable bonds is 6. The van der Waals surface area contributed by atoms with Crippen LogP contribution in [0.15, 0.2) is 40.7 Å². The minimum atomic E-state index is -0.242. The summed E-state index contributed by atoms with van der Waals surface area (Å²) in [5.74, 6) is 0.246. The number of carbonyl (C=O) groups excluding carboxylic acids is 1. The quantitative estimate of drug-likeness (QED) is 0.443. The van der Waals surface area contributed by atoms with Gasteiger partial charge in [-0.1, -0.05) is 43.0 Å². The third-order valence-electron chi connectivity index (χ3n) is 4.55. The maximum atomic E-state index is 13.2. The van der Waals surface area contributed by atoms with E-state index < -0.39 is 0 Å². The molecule has 0 saturated carbocycles. The summed E-state index contributed by atoms with van der Waals surface area (Å²) in [6, 6.07) is 3.70. The van der Waals surface area contributed by atoms with Crippen molar-refractivity contribution in [2.24, 2.45) is 0 Å². The summed E-state index contributed by atoms with van der Waals surface area (Å²) in [5.41, 5.74) is 1.56. The Balaban J connectivity index is 2.16. The minimum absolute atomic E-state index is 0.00948. The number of aryl methyl sites for hydroxylation is 1. The summed E-state index contributed by atoms with van der Waals surface area (Å²) in [5, 5.41) is 3.10. The fourth-order valence-corrected chi connectivity index (χ4v) is 4.31. The molecule has 3 rings (SSSR count). The van der Waals surface area contributed by atoms with Crippen LogP contribution in [0.3, 0.4) is 0 Å². The van der Waals surface area contributed by atoms with E-state index in [2.05, 4.69) is 16.9 Å². The topological polar surface area (TPSA) is 66.7 Å². The maximum Gasteiger partial charge on any atom is 0.267 e. The van der Waals surface area contributed by atoms with Crippen molar-refractivity contribution in [2.45, 2.75) is 33.2 Å². The first kappa shape index (κ1) is 20.3. The number of thioether (sulfide) groups is 1. The number of anilines is 1. The van der Waals surface area contributed by atoms with Gasteiger partial charge in [0.15, 0.2) is 0 Å². The summed E-state index contributed by atoms with van der Waals surface area (Å²) in [6.07, 6.45) is 5.82. The van der Waals surface area contributed by atoms with E-state index in [0.29, 0.717) is 32.8 Å². The van der Waals surface area contributed by atoms with E-state index in [1.165, 1.54) is 16.2 Å². The third kappa shape index (κ3) is 3.74. The van der Waals surface area contributed by atoms with Gasteiger partial charge >= 0.3 is 0 Å². The summed E-state index contributed by atoms with van der Waals surface area (Å²) in [7, 11) is 0. The van der Waals surface area contributed by atoms with Gasteiger partial charge in [-0.15, -0.1) is 6.58 Å². The fraction of sp³-hybridized carbons (Fsp3) is 0.300. The summed E-state index contributed by atoms with van der Waals surface area (Å²) in [4.78, 5) is 32.6. The van der Waals surface area contributed by atoms with Crippen LogP contribution in [0.5, 0.6) is 0 Å². The van der Waals surface area contributed by atoms with Crippen molar-refractivity contribution in [3.8, 4) is 0 Å². The molecule has 6 nitrogen and oxygen atoms in total. The molecule has 8 heteroatoms. The fourth-order valence-electron chi connectivity index (χ4n) is 2.87. The van der Waals surface area contributed by atoms with Crippen LogP contribution in [0.25, 0.3) is 11.7 Å². The molecule has 1 saturated heterocycles. The average Bonchev–Trinajstić information content (AvgIpc) is 2.95. The van der Waals surface area contributed by atoms with E-state index in [9.17, 15) is 9.59 Å². The molecule has 3 heterocycles. The second-order valence-corrected chi connectivity index (χ2v) is 8.27. The number of carbonyl (C=O) groups is 1. The number of hydrogen-bond donors (Lipinski definition) is 1. The van der Waals surface area contributed by atoms with Gasteiger partial charge in [0.2, 0.25) is 0 Å². The summed E-state index contributed by atoms with van der Waals surface area (Å²) in [6.45, 7) is 10.0. The van der Waals surface area contributed by atoms with Crippen LogP contribution in [0.4, 0.5) is 5.82 Å². The normalized spacial score (nSPS) is 16.8. The number of fused-ring (bicyclic) bond motifs is 1. The van der Waals surface area contributed by atoms with Gasteiger partial charge in [-0.3, -0.25) is 18.9 Å². The molecule has 1 fully saturated rings. The lowest BCUT2D eigenvalue weighted by atomic mass is 10.2. The zero-order chi connectivity index (χ0) is 20.4. The molecule has 0 bridgehead atoms. The molecule has 0 radical (unpaired) electrons. The molecule has 28 heavy (non-hydrogen) atoms. The summed E-state index contributed by atoms with van der Waals surface area (Å²) >= 11 is 6.60. The van der Waals surface area contributed by atoms with Gasteiger partial charge < -0.3 is 5.32 Å². The number of amides is 1. The van der Waals surface area contributed by atoms with E-state index in [-0.39, 0.29) is 17.5 Å². The Morgan fingerprint density at radius 1 is 1.39 bits per heavy atom. The zero-order valence-corrected chi connectivity index (χ0v) is 17.7. The Morgan fingerprint density at radius 2 is 2.14 bits per heavy atom. The van der Waals surface area contributed by atoms with E-state index in [1.54, 1.807) is 29.3 Å². The van der Waals surface area contributed by atoms with Crippen LogP contribution in [0.1, 0.15) is 31.4 Å². The molecule has 1 amide bonds. The Morgan fingerprint density at radius 3 is 2.82 bits per heavy atom. The molecule has 0 unspecified atom stereocenters. The number of pyridine rings is 1. The third-order valence-corrected chi connectivity index (χ3v) is 5.88. The molecule has 146 valence electrons. The molecule has 0 spiro atoms. The Hall–Kier alpha value is -2.45. The van der Waals surface area contributed by atoms with E-state index in [0.717, 1.165) is 12.0 Å². The smallest absolute Gasteiger partial charge is 0.267 e. The van der Waals surface area contributed by atoms with Gasteiger partial charge in [0, 0.05) is 18.8 Å². The van der Waals surface area contributed by atoms with E-state index in [1.807, 2.05) is 26.8 Å². The Kier molecular flexibility index (Phi) is 6.00. The zero-order valence-electron chi connectivity index (χ0n) is 16.1. The van der Waals surface area contributed by atoms with Crippen molar-refractivity contribution < 1.29 is 4.79 Å². The molecule has 2 aromatic heterocycles. The number of hydrogen-bond acceptors (Lipinski definition) is 6. The van der Waals surface area contributed by atoms with Crippen LogP contribution < -0.4 is 10.9 Å². The molecule has 2 aromatic rings. The number of thiocarbonyl (C=S) groups is 1. The molecule has 1 atom stereocenters. The highest BCUT2D eigenvalue weighted by Crippen LogP contribution is 2.34. The predicted octanol–water partition coefficient (Wildman–Crippen LogP) is 3.60. The lowest BCUT2D eigenvalue weighted by Gasteiger charge is -2.21. The SMILES string of the molecule is C=CCNc1nc2ccc(C)cn2c(=O)c1/C=C1\SC(=S)N([C@@H](C)CC)C1=O. The van der Waals surface area contributed by atoms with Gasteiger partial charge in [0.25, 0.3) is 11.5 Å². The van der Waals surface area contributed by atoms with Crippen molar-refractivity contribution in [1.29, 1.82) is 0 Å². The monoisotopic (exact) mass is 414 g/mol. The van der Waals surface area contributed by atoms with Crippen molar-refractivity contribution in [1.82, 2.24) is 14.3 Å². The van der Waals surface area contributed by atoms with Gasteiger partial charge in [-0.2, -0.15) is 0 Å². The lowest BCUT2D eigenvalue weighted by molar-refractivity contribution is -0.123. The maximum absolute atomic E-state index is 13.2. The first-order valence-corrected chi connectivity index (χ1v) is 10.2. The van der Waals surface area contributed by atoms with Crippen molar-refractivity contribution >= 4 is 51.7 Å². The molecule has 0 aromatic carbocycles. The van der Waals surface area contributed by atoms with Crippen LogP contribution >= 0.6 is 24.0 Å². The average molecular weight is 415 g/mol. The van der Waals surface area contributed by atoms with Crippen LogP contribution in [-0.4, -0.2) is 37.1 Å². The van der Waals surface area contributed by atoms with Crippen molar-refractivity contribution in [3.05, 3.63) is 57.4 Å². The second-order valence-electron chi connectivity index (χ2n) is 6.59. The lowest BCUT2D eigenvalue weighted by Crippen LogP contribution is -2.36. The molecule has 1 aliphatic heterocycles. The molecular formula is C20H22N4O2S2. The highest BCUT2D eigenvalue weighted by molar-refractivity contribution is 8.26. The molecule has 1 aliphatic rings. The minimum Gasteiger partial charge on any atom is -0.366 e. The van der Waals surface area contributed by atoms with Gasteiger partial charge in [0.05, 0.1) is 10.5 Å².